The number of benzene rings is 1. The largest absolute Gasteiger partial charge is 0.330 e. The van der Waals surface area contributed by atoms with E-state index in [4.69, 9.17) is 5.73 Å². The molecule has 1 atom stereocenters. The van der Waals surface area contributed by atoms with Crippen LogP contribution in [0.2, 0.25) is 0 Å². The Labute approximate surface area is 93.5 Å². The number of hydrogen-bond acceptors (Lipinski definition) is 1. The normalized spacial score (nSPS) is 13.2. The van der Waals surface area contributed by atoms with Gasteiger partial charge in [0.2, 0.25) is 0 Å². The molecule has 0 bridgehead atoms. The van der Waals surface area contributed by atoms with Crippen molar-refractivity contribution in [3.63, 3.8) is 0 Å². The van der Waals surface area contributed by atoms with E-state index < -0.39 is 17.5 Å². The number of nitrogens with two attached hydrogens (primary N) is 1. The molecule has 0 fully saturated rings. The fourth-order valence-electron chi connectivity index (χ4n) is 1.90. The maximum Gasteiger partial charge on any atom is 0.132 e. The van der Waals surface area contributed by atoms with Crippen LogP contribution in [-0.2, 0) is 0 Å². The second kappa shape index (κ2) is 5.34. The van der Waals surface area contributed by atoms with Crippen LogP contribution in [-0.4, -0.2) is 6.54 Å². The minimum absolute atomic E-state index is 0.0537. The first-order valence-corrected chi connectivity index (χ1v) is 5.31. The van der Waals surface area contributed by atoms with E-state index in [9.17, 15) is 13.2 Å². The van der Waals surface area contributed by atoms with E-state index in [2.05, 4.69) is 0 Å². The zero-order valence-corrected chi connectivity index (χ0v) is 9.43. The first-order chi connectivity index (χ1) is 7.47. The third kappa shape index (κ3) is 2.76. The molecule has 0 radical (unpaired) electrons. The molecular formula is C12H16F3N. The molecule has 1 nitrogen and oxygen atoms in total. The van der Waals surface area contributed by atoms with Gasteiger partial charge in [-0.05, 0) is 24.8 Å². The van der Waals surface area contributed by atoms with Crippen LogP contribution in [0.15, 0.2) is 12.1 Å². The molecule has 0 heterocycles. The van der Waals surface area contributed by atoms with E-state index in [1.165, 1.54) is 0 Å². The summed E-state index contributed by atoms with van der Waals surface area (Å²) in [6.45, 7) is 4.07. The van der Waals surface area contributed by atoms with Crippen molar-refractivity contribution < 1.29 is 13.2 Å². The topological polar surface area (TPSA) is 26.0 Å². The smallest absolute Gasteiger partial charge is 0.132 e. The maximum absolute atomic E-state index is 13.5. The number of halogens is 3. The summed E-state index contributed by atoms with van der Waals surface area (Å²) < 4.78 is 39.8. The summed E-state index contributed by atoms with van der Waals surface area (Å²) in [4.78, 5) is 0. The summed E-state index contributed by atoms with van der Waals surface area (Å²) in [6, 6.07) is 1.43. The molecule has 90 valence electrons. The van der Waals surface area contributed by atoms with Gasteiger partial charge in [-0.3, -0.25) is 0 Å². The Hall–Kier alpha value is -1.03. The van der Waals surface area contributed by atoms with Gasteiger partial charge in [0, 0.05) is 17.7 Å². The quantitative estimate of drug-likeness (QED) is 0.846. The minimum Gasteiger partial charge on any atom is -0.330 e. The highest BCUT2D eigenvalue weighted by Gasteiger charge is 2.23. The summed E-state index contributed by atoms with van der Waals surface area (Å²) in [7, 11) is 0. The van der Waals surface area contributed by atoms with Crippen LogP contribution in [0.1, 0.15) is 31.7 Å². The van der Waals surface area contributed by atoms with Crippen LogP contribution >= 0.6 is 0 Å². The molecule has 0 aromatic heterocycles. The van der Waals surface area contributed by atoms with Crippen molar-refractivity contribution in [2.75, 3.05) is 6.54 Å². The Bertz CT molecular complexity index is 340. The molecule has 1 rings (SSSR count). The SMILES string of the molecule is CC(C)[C@H](CCN)c1c(F)cc(F)cc1F. The Kier molecular flexibility index (Phi) is 4.35. The molecule has 0 amide bonds. The van der Waals surface area contributed by atoms with Crippen LogP contribution in [0.3, 0.4) is 0 Å². The molecule has 0 saturated carbocycles. The average Bonchev–Trinajstić information content (AvgIpc) is 2.14. The van der Waals surface area contributed by atoms with E-state index in [0.29, 0.717) is 25.1 Å². The summed E-state index contributed by atoms with van der Waals surface area (Å²) in [5, 5.41) is 0. The highest BCUT2D eigenvalue weighted by atomic mass is 19.1. The van der Waals surface area contributed by atoms with Crippen molar-refractivity contribution in [1.82, 2.24) is 0 Å². The van der Waals surface area contributed by atoms with E-state index in [1.807, 2.05) is 13.8 Å². The maximum atomic E-state index is 13.5. The predicted molar refractivity (Wildman–Crippen MR) is 57.6 cm³/mol. The van der Waals surface area contributed by atoms with Crippen LogP contribution in [0, 0.1) is 23.4 Å². The number of hydrogen-bond donors (Lipinski definition) is 1. The molecule has 16 heavy (non-hydrogen) atoms. The van der Waals surface area contributed by atoms with E-state index in [-0.39, 0.29) is 17.4 Å². The number of rotatable bonds is 4. The van der Waals surface area contributed by atoms with Gasteiger partial charge in [-0.25, -0.2) is 13.2 Å². The zero-order valence-electron chi connectivity index (χ0n) is 9.43. The van der Waals surface area contributed by atoms with Gasteiger partial charge in [0.15, 0.2) is 0 Å². The van der Waals surface area contributed by atoms with Crippen LogP contribution < -0.4 is 5.73 Å². The highest BCUT2D eigenvalue weighted by Crippen LogP contribution is 2.31. The molecule has 0 spiro atoms. The molecule has 0 saturated heterocycles. The van der Waals surface area contributed by atoms with E-state index in [1.54, 1.807) is 0 Å². The van der Waals surface area contributed by atoms with Gasteiger partial charge in [-0.15, -0.1) is 0 Å². The Morgan fingerprint density at radius 3 is 2.00 bits per heavy atom. The Balaban J connectivity index is 3.18. The standard InChI is InChI=1S/C12H16F3N/c1-7(2)9(3-4-16)12-10(14)5-8(13)6-11(12)15/h5-7,9H,3-4,16H2,1-2H3/t9-/m0/s1. The van der Waals surface area contributed by atoms with Gasteiger partial charge < -0.3 is 5.73 Å². The van der Waals surface area contributed by atoms with E-state index >= 15 is 0 Å². The van der Waals surface area contributed by atoms with Crippen molar-refractivity contribution in [2.45, 2.75) is 26.2 Å². The average molecular weight is 231 g/mol. The third-order valence-corrected chi connectivity index (χ3v) is 2.70. The lowest BCUT2D eigenvalue weighted by molar-refractivity contribution is 0.422. The molecule has 4 heteroatoms. The Morgan fingerprint density at radius 2 is 1.62 bits per heavy atom. The molecule has 0 unspecified atom stereocenters. The fraction of sp³-hybridized carbons (Fsp3) is 0.500. The first-order valence-electron chi connectivity index (χ1n) is 5.31. The van der Waals surface area contributed by atoms with Gasteiger partial charge in [-0.1, -0.05) is 13.8 Å². The van der Waals surface area contributed by atoms with E-state index in [0.717, 1.165) is 0 Å². The molecule has 0 aliphatic rings. The second-order valence-corrected chi connectivity index (χ2v) is 4.21. The van der Waals surface area contributed by atoms with Crippen molar-refractivity contribution in [2.24, 2.45) is 11.7 Å². The summed E-state index contributed by atoms with van der Waals surface area (Å²) in [5.41, 5.74) is 5.36. The summed E-state index contributed by atoms with van der Waals surface area (Å²) in [5.74, 6) is -2.81. The molecule has 1 aromatic rings. The molecule has 0 aliphatic carbocycles. The van der Waals surface area contributed by atoms with Crippen LogP contribution in [0.5, 0.6) is 0 Å². The fourth-order valence-corrected chi connectivity index (χ4v) is 1.90. The second-order valence-electron chi connectivity index (χ2n) is 4.21. The molecular weight excluding hydrogens is 215 g/mol. The van der Waals surface area contributed by atoms with Crippen LogP contribution in [0.4, 0.5) is 13.2 Å². The third-order valence-electron chi connectivity index (χ3n) is 2.70. The van der Waals surface area contributed by atoms with Crippen molar-refractivity contribution in [3.05, 3.63) is 35.1 Å². The zero-order chi connectivity index (χ0) is 12.3. The first kappa shape index (κ1) is 13.0. The predicted octanol–water partition coefficient (Wildman–Crippen LogP) is 3.19. The Morgan fingerprint density at radius 1 is 1.12 bits per heavy atom. The van der Waals surface area contributed by atoms with Gasteiger partial charge >= 0.3 is 0 Å². The molecule has 1 aromatic carbocycles. The lowest BCUT2D eigenvalue weighted by atomic mass is 9.85. The lowest BCUT2D eigenvalue weighted by Crippen LogP contribution is -2.16. The summed E-state index contributed by atoms with van der Waals surface area (Å²) in [6.07, 6.45) is 0.483. The monoisotopic (exact) mass is 231 g/mol. The van der Waals surface area contributed by atoms with Crippen molar-refractivity contribution >= 4 is 0 Å². The van der Waals surface area contributed by atoms with Crippen molar-refractivity contribution in [1.29, 1.82) is 0 Å². The lowest BCUT2D eigenvalue weighted by Gasteiger charge is -2.21. The minimum atomic E-state index is -0.894. The highest BCUT2D eigenvalue weighted by molar-refractivity contribution is 5.25. The molecule has 0 aliphatic heterocycles. The van der Waals surface area contributed by atoms with Gasteiger partial charge in [0.05, 0.1) is 0 Å². The van der Waals surface area contributed by atoms with Gasteiger partial charge in [0.1, 0.15) is 17.5 Å². The van der Waals surface area contributed by atoms with Gasteiger partial charge in [0.25, 0.3) is 0 Å². The van der Waals surface area contributed by atoms with Gasteiger partial charge in [-0.2, -0.15) is 0 Å². The van der Waals surface area contributed by atoms with Crippen molar-refractivity contribution in [3.8, 4) is 0 Å². The van der Waals surface area contributed by atoms with Crippen LogP contribution in [0.25, 0.3) is 0 Å². The summed E-state index contributed by atoms with van der Waals surface area (Å²) >= 11 is 0. The molecule has 2 N–H and O–H groups in total.